The molecule has 8 heteroatoms. The second-order valence-electron chi connectivity index (χ2n) is 6.90. The molecule has 1 aromatic heterocycles. The molecule has 1 saturated heterocycles. The zero-order valence-corrected chi connectivity index (χ0v) is 17.7. The highest BCUT2D eigenvalue weighted by Crippen LogP contribution is 2.25. The zero-order valence-electron chi connectivity index (χ0n) is 15.3. The van der Waals surface area contributed by atoms with Crippen molar-refractivity contribution < 1.29 is 4.52 Å². The molecule has 2 aliphatic rings. The van der Waals surface area contributed by atoms with Gasteiger partial charge in [0.05, 0.1) is 6.54 Å². The maximum Gasteiger partial charge on any atom is 0.223 e. The minimum Gasteiger partial charge on any atom is -0.354 e. The van der Waals surface area contributed by atoms with E-state index in [1.807, 2.05) is 0 Å². The lowest BCUT2D eigenvalue weighted by Crippen LogP contribution is -2.50. The van der Waals surface area contributed by atoms with Gasteiger partial charge in [-0.05, 0) is 25.7 Å². The fraction of sp³-hybridized carbons (Fsp3) is 0.824. The molecule has 0 radical (unpaired) electrons. The maximum atomic E-state index is 4.98. The Morgan fingerprint density at radius 2 is 1.92 bits per heavy atom. The van der Waals surface area contributed by atoms with Crippen molar-refractivity contribution in [3.63, 3.8) is 0 Å². The van der Waals surface area contributed by atoms with E-state index in [0.29, 0.717) is 24.3 Å². The SMILES string of the molecule is CN=C(NCc1noc(C)n1)NC1CCN(C2CCCCC2)CC1.I. The van der Waals surface area contributed by atoms with Crippen molar-refractivity contribution in [3.8, 4) is 0 Å². The molecule has 1 saturated carbocycles. The van der Waals surface area contributed by atoms with Crippen molar-refractivity contribution >= 4 is 29.9 Å². The third kappa shape index (κ3) is 6.09. The Hall–Kier alpha value is -0.900. The smallest absolute Gasteiger partial charge is 0.223 e. The number of hydrogen-bond acceptors (Lipinski definition) is 5. The third-order valence-electron chi connectivity index (χ3n) is 5.17. The Labute approximate surface area is 167 Å². The molecule has 0 aromatic carbocycles. The van der Waals surface area contributed by atoms with Crippen LogP contribution in [0.3, 0.4) is 0 Å². The Kier molecular flexibility index (Phi) is 8.41. The van der Waals surface area contributed by atoms with Gasteiger partial charge in [0.1, 0.15) is 0 Å². The van der Waals surface area contributed by atoms with Crippen LogP contribution in [-0.4, -0.2) is 53.2 Å². The Balaban J connectivity index is 0.00000225. The van der Waals surface area contributed by atoms with E-state index in [1.165, 1.54) is 58.0 Å². The highest BCUT2D eigenvalue weighted by atomic mass is 127. The predicted octanol–water partition coefficient (Wildman–Crippen LogP) is 2.46. The topological polar surface area (TPSA) is 78.6 Å². The van der Waals surface area contributed by atoms with Gasteiger partial charge in [-0.1, -0.05) is 24.4 Å². The summed E-state index contributed by atoms with van der Waals surface area (Å²) in [6.07, 6.45) is 9.40. The van der Waals surface area contributed by atoms with Gasteiger partial charge in [-0.15, -0.1) is 24.0 Å². The highest BCUT2D eigenvalue weighted by molar-refractivity contribution is 14.0. The lowest BCUT2D eigenvalue weighted by atomic mass is 9.92. The van der Waals surface area contributed by atoms with Crippen molar-refractivity contribution in [2.24, 2.45) is 4.99 Å². The fourth-order valence-electron chi connectivity index (χ4n) is 3.82. The van der Waals surface area contributed by atoms with Gasteiger partial charge in [-0.3, -0.25) is 4.99 Å². The second-order valence-corrected chi connectivity index (χ2v) is 6.90. The van der Waals surface area contributed by atoms with Gasteiger partial charge in [0, 0.05) is 39.1 Å². The van der Waals surface area contributed by atoms with E-state index in [0.717, 1.165) is 12.0 Å². The van der Waals surface area contributed by atoms with Crippen LogP contribution in [0.15, 0.2) is 9.52 Å². The van der Waals surface area contributed by atoms with Gasteiger partial charge >= 0.3 is 0 Å². The van der Waals surface area contributed by atoms with Crippen molar-refractivity contribution in [1.82, 2.24) is 25.7 Å². The molecule has 1 aliphatic heterocycles. The Bertz CT molecular complexity index is 535. The maximum absolute atomic E-state index is 4.98. The number of rotatable bonds is 4. The largest absolute Gasteiger partial charge is 0.354 e. The lowest BCUT2D eigenvalue weighted by molar-refractivity contribution is 0.119. The number of halogens is 1. The van der Waals surface area contributed by atoms with Gasteiger partial charge in [0.25, 0.3) is 0 Å². The number of piperidine rings is 1. The van der Waals surface area contributed by atoms with Gasteiger partial charge in [-0.25, -0.2) is 0 Å². The van der Waals surface area contributed by atoms with E-state index in [1.54, 1.807) is 14.0 Å². The zero-order chi connectivity index (χ0) is 16.8. The summed E-state index contributed by atoms with van der Waals surface area (Å²) in [5, 5.41) is 10.7. The summed E-state index contributed by atoms with van der Waals surface area (Å²) in [7, 11) is 1.80. The molecule has 2 N–H and O–H groups in total. The first-order chi connectivity index (χ1) is 11.7. The average molecular weight is 462 g/mol. The summed E-state index contributed by atoms with van der Waals surface area (Å²) in [6, 6.07) is 1.32. The molecule has 0 bridgehead atoms. The molecule has 7 nitrogen and oxygen atoms in total. The minimum absolute atomic E-state index is 0. The molecule has 0 amide bonds. The van der Waals surface area contributed by atoms with Crippen molar-refractivity contribution in [2.45, 2.75) is 70.5 Å². The van der Waals surface area contributed by atoms with Crippen molar-refractivity contribution in [1.29, 1.82) is 0 Å². The van der Waals surface area contributed by atoms with E-state index >= 15 is 0 Å². The fourth-order valence-corrected chi connectivity index (χ4v) is 3.82. The Morgan fingerprint density at radius 3 is 2.52 bits per heavy atom. The molecule has 25 heavy (non-hydrogen) atoms. The van der Waals surface area contributed by atoms with Gasteiger partial charge in [-0.2, -0.15) is 4.98 Å². The molecule has 0 unspecified atom stereocenters. The van der Waals surface area contributed by atoms with Crippen molar-refractivity contribution in [2.75, 3.05) is 20.1 Å². The molecule has 0 atom stereocenters. The molecule has 1 aliphatic carbocycles. The standard InChI is InChI=1S/C17H30N6O.HI/c1-13-20-16(22-24-13)12-19-17(18-2)21-14-8-10-23(11-9-14)15-6-4-3-5-7-15;/h14-15H,3-12H2,1-2H3,(H2,18,19,21);1H. The van der Waals surface area contributed by atoms with Crippen LogP contribution in [0.25, 0.3) is 0 Å². The third-order valence-corrected chi connectivity index (χ3v) is 5.17. The minimum atomic E-state index is 0. The molecular formula is C17H31IN6O. The van der Waals surface area contributed by atoms with Gasteiger partial charge < -0.3 is 20.1 Å². The van der Waals surface area contributed by atoms with Gasteiger partial charge in [0.2, 0.25) is 5.89 Å². The first kappa shape index (κ1) is 20.4. The number of nitrogens with zero attached hydrogens (tertiary/aromatic N) is 4. The number of aliphatic imine (C=N–C) groups is 1. The average Bonchev–Trinajstić information content (AvgIpc) is 3.05. The lowest BCUT2D eigenvalue weighted by Gasteiger charge is -2.39. The first-order valence-electron chi connectivity index (χ1n) is 9.25. The summed E-state index contributed by atoms with van der Waals surface area (Å²) in [5.74, 6) is 2.06. The molecule has 0 spiro atoms. The number of guanidine groups is 1. The van der Waals surface area contributed by atoms with Crippen LogP contribution in [0.2, 0.25) is 0 Å². The molecular weight excluding hydrogens is 431 g/mol. The van der Waals surface area contributed by atoms with Crippen LogP contribution in [-0.2, 0) is 6.54 Å². The second kappa shape index (κ2) is 10.3. The van der Waals surface area contributed by atoms with E-state index in [4.69, 9.17) is 4.52 Å². The van der Waals surface area contributed by atoms with Crippen LogP contribution < -0.4 is 10.6 Å². The monoisotopic (exact) mass is 462 g/mol. The number of nitrogens with one attached hydrogen (secondary N) is 2. The highest BCUT2D eigenvalue weighted by Gasteiger charge is 2.26. The predicted molar refractivity (Wildman–Crippen MR) is 109 cm³/mol. The number of likely N-dealkylation sites (tertiary alicyclic amines) is 1. The van der Waals surface area contributed by atoms with Crippen LogP contribution in [0, 0.1) is 6.92 Å². The number of aryl methyl sites for hydroxylation is 1. The molecule has 2 heterocycles. The number of hydrogen-bond donors (Lipinski definition) is 2. The summed E-state index contributed by atoms with van der Waals surface area (Å²) < 4.78 is 4.98. The van der Waals surface area contributed by atoms with Gasteiger partial charge in [0.15, 0.2) is 11.8 Å². The van der Waals surface area contributed by atoms with E-state index < -0.39 is 0 Å². The van der Waals surface area contributed by atoms with Crippen LogP contribution in [0.1, 0.15) is 56.7 Å². The summed E-state index contributed by atoms with van der Waals surface area (Å²) >= 11 is 0. The normalized spacial score (nSPS) is 21.0. The van der Waals surface area contributed by atoms with Crippen LogP contribution in [0.4, 0.5) is 0 Å². The summed E-state index contributed by atoms with van der Waals surface area (Å²) in [6.45, 7) is 4.72. The molecule has 142 valence electrons. The number of aromatic nitrogens is 2. The van der Waals surface area contributed by atoms with Crippen molar-refractivity contribution in [3.05, 3.63) is 11.7 Å². The first-order valence-corrected chi connectivity index (χ1v) is 9.25. The van der Waals surface area contributed by atoms with E-state index in [9.17, 15) is 0 Å². The summed E-state index contributed by atoms with van der Waals surface area (Å²) in [5.41, 5.74) is 0. The van der Waals surface area contributed by atoms with E-state index in [-0.39, 0.29) is 24.0 Å². The molecule has 2 fully saturated rings. The molecule has 1 aromatic rings. The Morgan fingerprint density at radius 1 is 1.20 bits per heavy atom. The molecule has 3 rings (SSSR count). The van der Waals surface area contributed by atoms with E-state index in [2.05, 4.69) is 30.7 Å². The summed E-state index contributed by atoms with van der Waals surface area (Å²) in [4.78, 5) is 11.2. The van der Waals surface area contributed by atoms with Crippen LogP contribution in [0.5, 0.6) is 0 Å². The van der Waals surface area contributed by atoms with Crippen LogP contribution >= 0.6 is 24.0 Å². The quantitative estimate of drug-likeness (QED) is 0.407.